The molecule has 62 valence electrons. The van der Waals surface area contributed by atoms with Gasteiger partial charge in [0.1, 0.15) is 0 Å². The molecule has 2 rings (SSSR count). The van der Waals surface area contributed by atoms with Crippen LogP contribution in [0.25, 0.3) is 0 Å². The van der Waals surface area contributed by atoms with Crippen molar-refractivity contribution in [1.29, 1.82) is 0 Å². The molecule has 0 heterocycles. The molecular weight excluding hydrogens is 156 g/mol. The minimum absolute atomic E-state index is 0.00343. The van der Waals surface area contributed by atoms with Crippen LogP contribution in [0.5, 0.6) is 0 Å². The van der Waals surface area contributed by atoms with E-state index in [1.54, 1.807) is 12.2 Å². The van der Waals surface area contributed by atoms with E-state index in [-0.39, 0.29) is 5.78 Å². The van der Waals surface area contributed by atoms with Gasteiger partial charge in [-0.05, 0) is 12.2 Å². The summed E-state index contributed by atoms with van der Waals surface area (Å²) in [6.07, 6.45) is 3.50. The lowest BCUT2D eigenvalue weighted by molar-refractivity contribution is -0.111. The van der Waals surface area contributed by atoms with Crippen molar-refractivity contribution >= 4 is 5.78 Å². The van der Waals surface area contributed by atoms with Gasteiger partial charge < -0.3 is 9.47 Å². The minimum atomic E-state index is 0.00343. The van der Waals surface area contributed by atoms with E-state index >= 15 is 0 Å². The molecule has 0 aromatic heterocycles. The average Bonchev–Trinajstić information content (AvgIpc) is 2.58. The number of ether oxygens (including phenoxy) is 2. The quantitative estimate of drug-likeness (QED) is 0.609. The molecule has 2 bridgehead atoms. The Balaban J connectivity index is 2.59. The molecule has 0 atom stereocenters. The third-order valence-electron chi connectivity index (χ3n) is 2.01. The van der Waals surface area contributed by atoms with Gasteiger partial charge in [-0.2, -0.15) is 0 Å². The zero-order chi connectivity index (χ0) is 8.72. The van der Waals surface area contributed by atoms with Crippen molar-refractivity contribution in [3.63, 3.8) is 0 Å². The van der Waals surface area contributed by atoms with Crippen LogP contribution in [0, 0.1) is 0 Å². The van der Waals surface area contributed by atoms with Crippen molar-refractivity contribution in [1.82, 2.24) is 0 Å². The fourth-order valence-electron chi connectivity index (χ4n) is 1.47. The van der Waals surface area contributed by atoms with Crippen molar-refractivity contribution in [3.05, 3.63) is 34.8 Å². The van der Waals surface area contributed by atoms with E-state index in [0.29, 0.717) is 22.7 Å². The summed E-state index contributed by atoms with van der Waals surface area (Å²) in [6, 6.07) is 0. The summed E-state index contributed by atoms with van der Waals surface area (Å²) in [7, 11) is 3.06. The Labute approximate surface area is 70.0 Å². The summed E-state index contributed by atoms with van der Waals surface area (Å²) in [6.45, 7) is 0. The van der Waals surface area contributed by atoms with Gasteiger partial charge in [-0.1, -0.05) is 0 Å². The molecule has 0 N–H and O–H groups in total. The summed E-state index contributed by atoms with van der Waals surface area (Å²) >= 11 is 0. The number of methoxy groups -OCH3 is 2. The van der Waals surface area contributed by atoms with Gasteiger partial charge in [0.2, 0.25) is 5.78 Å². The van der Waals surface area contributed by atoms with E-state index in [1.807, 2.05) is 0 Å². The molecule has 2 aliphatic carbocycles. The second kappa shape index (κ2) is 2.24. The molecule has 0 saturated carbocycles. The molecular formula is C9H8O3. The Morgan fingerprint density at radius 1 is 1.00 bits per heavy atom. The maximum atomic E-state index is 11.4. The predicted octanol–water partition coefficient (Wildman–Crippen LogP) is 0.940. The summed E-state index contributed by atoms with van der Waals surface area (Å²) in [5, 5.41) is 0. The van der Waals surface area contributed by atoms with Gasteiger partial charge in [-0.25, -0.2) is 0 Å². The minimum Gasteiger partial charge on any atom is -0.492 e. The first-order chi connectivity index (χ1) is 5.79. The van der Waals surface area contributed by atoms with E-state index in [2.05, 4.69) is 0 Å². The maximum Gasteiger partial charge on any atom is 0.200 e. The number of Topliss-reactive ketones (excluding diaryl/α,β-unsaturated/α-hetero) is 1. The molecule has 12 heavy (non-hydrogen) atoms. The van der Waals surface area contributed by atoms with Gasteiger partial charge in [-0.15, -0.1) is 0 Å². The Hall–Kier alpha value is -1.51. The standard InChI is InChI=1S/C9H8O3/c1-11-8-5-3-4-6(7(5)10)9(8)12-2/h3-4H,1-2H3. The molecule has 0 aromatic rings. The van der Waals surface area contributed by atoms with Gasteiger partial charge in [0.05, 0.1) is 25.4 Å². The normalized spacial score (nSPS) is 19.7. The fourth-order valence-corrected chi connectivity index (χ4v) is 1.47. The molecule has 0 radical (unpaired) electrons. The van der Waals surface area contributed by atoms with E-state index in [4.69, 9.17) is 9.47 Å². The zero-order valence-electron chi connectivity index (χ0n) is 6.88. The summed E-state index contributed by atoms with van der Waals surface area (Å²) < 4.78 is 10.1. The summed E-state index contributed by atoms with van der Waals surface area (Å²) in [4.78, 5) is 11.4. The van der Waals surface area contributed by atoms with Crippen molar-refractivity contribution in [2.24, 2.45) is 0 Å². The summed E-state index contributed by atoms with van der Waals surface area (Å²) in [5.41, 5.74) is 1.20. The largest absolute Gasteiger partial charge is 0.492 e. The van der Waals surface area contributed by atoms with Crippen LogP contribution in [0.3, 0.4) is 0 Å². The van der Waals surface area contributed by atoms with Gasteiger partial charge in [0.15, 0.2) is 11.5 Å². The van der Waals surface area contributed by atoms with Crippen LogP contribution in [-0.4, -0.2) is 20.0 Å². The number of carbonyl (C=O) groups is 1. The molecule has 0 unspecified atom stereocenters. The van der Waals surface area contributed by atoms with E-state index in [1.165, 1.54) is 14.2 Å². The molecule has 0 aliphatic heterocycles. The van der Waals surface area contributed by atoms with Gasteiger partial charge in [0, 0.05) is 0 Å². The first-order valence-corrected chi connectivity index (χ1v) is 3.59. The van der Waals surface area contributed by atoms with Crippen LogP contribution in [0.4, 0.5) is 0 Å². The Morgan fingerprint density at radius 2 is 1.42 bits per heavy atom. The van der Waals surface area contributed by atoms with Gasteiger partial charge in [0.25, 0.3) is 0 Å². The summed E-state index contributed by atoms with van der Waals surface area (Å²) in [5.74, 6) is 1.11. The Morgan fingerprint density at radius 3 is 1.75 bits per heavy atom. The molecule has 0 amide bonds. The Bertz CT molecular complexity index is 313. The SMILES string of the molecule is COC1=C2C=CC(=C1OC)C2=O. The average molecular weight is 164 g/mol. The lowest BCUT2D eigenvalue weighted by atomic mass is 10.2. The second-order valence-corrected chi connectivity index (χ2v) is 2.56. The van der Waals surface area contributed by atoms with Crippen LogP contribution < -0.4 is 0 Å². The molecule has 0 fully saturated rings. The highest BCUT2D eigenvalue weighted by Crippen LogP contribution is 2.36. The highest BCUT2D eigenvalue weighted by atomic mass is 16.5. The van der Waals surface area contributed by atoms with Crippen LogP contribution >= 0.6 is 0 Å². The first kappa shape index (κ1) is 7.16. The zero-order valence-corrected chi connectivity index (χ0v) is 6.88. The number of hydrogen-bond donors (Lipinski definition) is 0. The third-order valence-corrected chi connectivity index (χ3v) is 2.01. The molecule has 2 aliphatic rings. The Kier molecular flexibility index (Phi) is 1.33. The van der Waals surface area contributed by atoms with Crippen molar-refractivity contribution in [3.8, 4) is 0 Å². The van der Waals surface area contributed by atoms with Crippen LogP contribution in [-0.2, 0) is 14.3 Å². The molecule has 0 spiro atoms. The van der Waals surface area contributed by atoms with E-state index < -0.39 is 0 Å². The predicted molar refractivity (Wildman–Crippen MR) is 42.2 cm³/mol. The number of carbonyl (C=O) groups excluding carboxylic acids is 1. The lowest BCUT2D eigenvalue weighted by Crippen LogP contribution is -1.96. The van der Waals surface area contributed by atoms with Crippen molar-refractivity contribution in [2.75, 3.05) is 14.2 Å². The van der Waals surface area contributed by atoms with Gasteiger partial charge in [-0.3, -0.25) is 4.79 Å². The molecule has 3 heteroatoms. The second-order valence-electron chi connectivity index (χ2n) is 2.56. The van der Waals surface area contributed by atoms with Crippen LogP contribution in [0.2, 0.25) is 0 Å². The molecule has 0 saturated heterocycles. The fraction of sp³-hybridized carbons (Fsp3) is 0.222. The smallest absolute Gasteiger partial charge is 0.200 e. The molecule has 0 aromatic carbocycles. The number of hydrogen-bond acceptors (Lipinski definition) is 3. The first-order valence-electron chi connectivity index (χ1n) is 3.59. The third kappa shape index (κ3) is 0.630. The molecule has 3 nitrogen and oxygen atoms in total. The lowest BCUT2D eigenvalue weighted by Gasteiger charge is -2.08. The number of rotatable bonds is 2. The van der Waals surface area contributed by atoms with E-state index in [0.717, 1.165) is 0 Å². The van der Waals surface area contributed by atoms with E-state index in [9.17, 15) is 4.79 Å². The monoisotopic (exact) mass is 164 g/mol. The van der Waals surface area contributed by atoms with Crippen molar-refractivity contribution in [2.45, 2.75) is 0 Å². The van der Waals surface area contributed by atoms with Crippen LogP contribution in [0.1, 0.15) is 0 Å². The van der Waals surface area contributed by atoms with Crippen LogP contribution in [0.15, 0.2) is 34.8 Å². The topological polar surface area (TPSA) is 35.5 Å². The van der Waals surface area contributed by atoms with Gasteiger partial charge >= 0.3 is 0 Å². The highest BCUT2D eigenvalue weighted by molar-refractivity contribution is 6.19. The number of fused-ring (bicyclic) bond motifs is 2. The maximum absolute atomic E-state index is 11.4. The number of ketones is 1. The van der Waals surface area contributed by atoms with Crippen molar-refractivity contribution < 1.29 is 14.3 Å². The highest BCUT2D eigenvalue weighted by Gasteiger charge is 2.35. The number of allylic oxidation sites excluding steroid dienone is 4.